The van der Waals surface area contributed by atoms with Crippen LogP contribution in [0, 0.1) is 0 Å². The molecule has 2 atom stereocenters. The lowest BCUT2D eigenvalue weighted by atomic mass is 10.1. The number of methoxy groups -OCH3 is 1. The van der Waals surface area contributed by atoms with Crippen LogP contribution in [0.15, 0.2) is 0 Å². The summed E-state index contributed by atoms with van der Waals surface area (Å²) in [5, 5.41) is 4.89. The van der Waals surface area contributed by atoms with Gasteiger partial charge >= 0.3 is 5.97 Å². The van der Waals surface area contributed by atoms with Crippen LogP contribution >= 0.6 is 0 Å². The molecule has 0 radical (unpaired) electrons. The van der Waals surface area contributed by atoms with Crippen molar-refractivity contribution in [3.63, 3.8) is 0 Å². The molecule has 0 spiro atoms. The van der Waals surface area contributed by atoms with Crippen molar-refractivity contribution in [2.45, 2.75) is 70.9 Å². The molecule has 0 aromatic rings. The van der Waals surface area contributed by atoms with Crippen LogP contribution in [0.5, 0.6) is 0 Å². The van der Waals surface area contributed by atoms with Crippen molar-refractivity contribution in [1.82, 2.24) is 10.6 Å². The van der Waals surface area contributed by atoms with E-state index in [0.29, 0.717) is 0 Å². The molecule has 0 heterocycles. The molecule has 8 heteroatoms. The Hall–Kier alpha value is -2.12. The van der Waals surface area contributed by atoms with Crippen LogP contribution < -0.4 is 16.4 Å². The maximum atomic E-state index is 12.1. The SMILES string of the molecule is CCCCCCCC(=O)N[C@H](CC(N)=O)C(=O)N[C@H](C)C(=O)OC. The Bertz CT molecular complexity index is 439. The highest BCUT2D eigenvalue weighted by molar-refractivity contribution is 5.93. The summed E-state index contributed by atoms with van der Waals surface area (Å²) in [6, 6.07) is -1.98. The van der Waals surface area contributed by atoms with Gasteiger partial charge in [-0.3, -0.25) is 14.4 Å². The van der Waals surface area contributed by atoms with E-state index in [1.807, 2.05) is 0 Å². The zero-order chi connectivity index (χ0) is 18.5. The summed E-state index contributed by atoms with van der Waals surface area (Å²) in [4.78, 5) is 46.5. The molecule has 0 saturated carbocycles. The third kappa shape index (κ3) is 9.81. The summed E-state index contributed by atoms with van der Waals surface area (Å²) in [6.45, 7) is 3.55. The lowest BCUT2D eigenvalue weighted by Crippen LogP contribution is -2.52. The Morgan fingerprint density at radius 1 is 1.04 bits per heavy atom. The minimum Gasteiger partial charge on any atom is -0.467 e. The molecule has 0 rings (SSSR count). The number of carbonyl (C=O) groups excluding carboxylic acids is 4. The first-order valence-electron chi connectivity index (χ1n) is 8.27. The number of primary amides is 1. The standard InChI is InChI=1S/C16H29N3O5/c1-4-5-6-7-8-9-14(21)19-12(10-13(17)20)15(22)18-11(2)16(23)24-3/h11-12H,4-10H2,1-3H3,(H2,17,20)(H,18,22)(H,19,21)/t11-,12-/m1/s1. The van der Waals surface area contributed by atoms with Crippen LogP contribution in [0.1, 0.15) is 58.8 Å². The van der Waals surface area contributed by atoms with Crippen LogP contribution in [-0.4, -0.2) is 42.9 Å². The van der Waals surface area contributed by atoms with Gasteiger partial charge in [-0.2, -0.15) is 0 Å². The highest BCUT2D eigenvalue weighted by atomic mass is 16.5. The number of esters is 1. The summed E-state index contributed by atoms with van der Waals surface area (Å²) in [5.74, 6) is -2.31. The fourth-order valence-electron chi connectivity index (χ4n) is 2.12. The summed E-state index contributed by atoms with van der Waals surface area (Å²) in [7, 11) is 1.20. The van der Waals surface area contributed by atoms with Crippen molar-refractivity contribution in [3.05, 3.63) is 0 Å². The largest absolute Gasteiger partial charge is 0.467 e. The predicted molar refractivity (Wildman–Crippen MR) is 88.7 cm³/mol. The molecule has 0 unspecified atom stereocenters. The summed E-state index contributed by atoms with van der Waals surface area (Å²) < 4.78 is 4.51. The molecule has 24 heavy (non-hydrogen) atoms. The van der Waals surface area contributed by atoms with Crippen LogP contribution in [0.4, 0.5) is 0 Å². The second-order valence-corrected chi connectivity index (χ2v) is 5.71. The molecule has 4 N–H and O–H groups in total. The summed E-state index contributed by atoms with van der Waals surface area (Å²) >= 11 is 0. The molecule has 138 valence electrons. The zero-order valence-corrected chi connectivity index (χ0v) is 14.7. The van der Waals surface area contributed by atoms with Crippen molar-refractivity contribution in [2.75, 3.05) is 7.11 Å². The topological polar surface area (TPSA) is 128 Å². The van der Waals surface area contributed by atoms with E-state index in [9.17, 15) is 19.2 Å². The summed E-state index contributed by atoms with van der Waals surface area (Å²) in [6.07, 6.45) is 4.90. The van der Waals surface area contributed by atoms with Gasteiger partial charge in [0, 0.05) is 6.42 Å². The molecule has 0 aliphatic heterocycles. The third-order valence-electron chi connectivity index (χ3n) is 3.48. The number of nitrogens with two attached hydrogens (primary N) is 1. The van der Waals surface area contributed by atoms with Gasteiger partial charge in [0.05, 0.1) is 13.5 Å². The molecule has 0 aliphatic rings. The van der Waals surface area contributed by atoms with Gasteiger partial charge in [0.1, 0.15) is 12.1 Å². The van der Waals surface area contributed by atoms with Gasteiger partial charge in [0.25, 0.3) is 0 Å². The van der Waals surface area contributed by atoms with E-state index in [-0.39, 0.29) is 18.7 Å². The van der Waals surface area contributed by atoms with Gasteiger partial charge in [-0.1, -0.05) is 32.6 Å². The van der Waals surface area contributed by atoms with Crippen LogP contribution in [0.25, 0.3) is 0 Å². The Morgan fingerprint density at radius 2 is 1.67 bits per heavy atom. The van der Waals surface area contributed by atoms with E-state index in [2.05, 4.69) is 22.3 Å². The Morgan fingerprint density at radius 3 is 2.21 bits per heavy atom. The minimum absolute atomic E-state index is 0.277. The van der Waals surface area contributed by atoms with Gasteiger partial charge in [0.2, 0.25) is 17.7 Å². The van der Waals surface area contributed by atoms with E-state index in [1.165, 1.54) is 14.0 Å². The third-order valence-corrected chi connectivity index (χ3v) is 3.48. The van der Waals surface area contributed by atoms with Crippen molar-refractivity contribution in [2.24, 2.45) is 5.73 Å². The zero-order valence-electron chi connectivity index (χ0n) is 14.7. The number of unbranched alkanes of at least 4 members (excludes halogenated alkanes) is 4. The quantitative estimate of drug-likeness (QED) is 0.349. The molecule has 0 aromatic heterocycles. The maximum Gasteiger partial charge on any atom is 0.328 e. The highest BCUT2D eigenvalue weighted by Crippen LogP contribution is 2.05. The molecule has 0 aromatic carbocycles. The molecule has 3 amide bonds. The number of amides is 3. The van der Waals surface area contributed by atoms with E-state index in [4.69, 9.17) is 5.73 Å². The first-order valence-corrected chi connectivity index (χ1v) is 8.27. The number of rotatable bonds is 12. The normalized spacial score (nSPS) is 12.8. The van der Waals surface area contributed by atoms with E-state index < -0.39 is 29.9 Å². The molecule has 0 bridgehead atoms. The monoisotopic (exact) mass is 343 g/mol. The highest BCUT2D eigenvalue weighted by Gasteiger charge is 2.26. The van der Waals surface area contributed by atoms with Crippen LogP contribution in [0.3, 0.4) is 0 Å². The first kappa shape index (κ1) is 21.9. The second kappa shape index (κ2) is 12.3. The molecular weight excluding hydrogens is 314 g/mol. The van der Waals surface area contributed by atoms with Gasteiger partial charge in [-0.15, -0.1) is 0 Å². The number of nitrogens with one attached hydrogen (secondary N) is 2. The molecule has 0 fully saturated rings. The average molecular weight is 343 g/mol. The van der Waals surface area contributed by atoms with E-state index in [0.717, 1.165) is 32.1 Å². The second-order valence-electron chi connectivity index (χ2n) is 5.71. The van der Waals surface area contributed by atoms with Crippen molar-refractivity contribution in [1.29, 1.82) is 0 Å². The fraction of sp³-hybridized carbons (Fsp3) is 0.750. The Labute approximate surface area is 142 Å². The lowest BCUT2D eigenvalue weighted by Gasteiger charge is -2.19. The van der Waals surface area contributed by atoms with Crippen molar-refractivity contribution in [3.8, 4) is 0 Å². The van der Waals surface area contributed by atoms with Crippen molar-refractivity contribution >= 4 is 23.7 Å². The average Bonchev–Trinajstić information content (AvgIpc) is 2.52. The Balaban J connectivity index is 4.48. The van der Waals surface area contributed by atoms with Crippen molar-refractivity contribution < 1.29 is 23.9 Å². The smallest absolute Gasteiger partial charge is 0.328 e. The molecule has 0 saturated heterocycles. The number of carbonyl (C=O) groups is 4. The molecular formula is C16H29N3O5. The minimum atomic E-state index is -1.10. The van der Waals surface area contributed by atoms with Gasteiger partial charge in [-0.05, 0) is 13.3 Å². The predicted octanol–water partition coefficient (Wildman–Crippen LogP) is 0.385. The first-order chi connectivity index (χ1) is 11.3. The number of ether oxygens (including phenoxy) is 1. The van der Waals surface area contributed by atoms with Crippen LogP contribution in [-0.2, 0) is 23.9 Å². The molecule has 0 aliphatic carbocycles. The lowest BCUT2D eigenvalue weighted by molar-refractivity contribution is -0.144. The van der Waals surface area contributed by atoms with Gasteiger partial charge < -0.3 is 21.1 Å². The maximum absolute atomic E-state index is 12.1. The fourth-order valence-corrected chi connectivity index (χ4v) is 2.12. The number of hydrogen-bond acceptors (Lipinski definition) is 5. The Kier molecular flexibility index (Phi) is 11.2. The summed E-state index contributed by atoms with van der Waals surface area (Å²) in [5.41, 5.74) is 5.12. The van der Waals surface area contributed by atoms with Crippen LogP contribution in [0.2, 0.25) is 0 Å². The van der Waals surface area contributed by atoms with E-state index >= 15 is 0 Å². The molecule has 8 nitrogen and oxygen atoms in total. The number of hydrogen-bond donors (Lipinski definition) is 3. The van der Waals surface area contributed by atoms with Gasteiger partial charge in [0.15, 0.2) is 0 Å². The van der Waals surface area contributed by atoms with Gasteiger partial charge in [-0.25, -0.2) is 4.79 Å². The van der Waals surface area contributed by atoms with E-state index in [1.54, 1.807) is 0 Å².